The Morgan fingerprint density at radius 1 is 0.956 bits per heavy atom. The number of carbonyl (C=O) groups is 2. The SMILES string of the molecule is CC[C@H]1OC(=O)[C@H]2[C@@H](OC23CC2(OC)OC2C(C)O3)[C@H](C)[C@@H](OC2CC(N)CC(C)O2)[C@@](C)(O)C[C@@H](C)C(=O)[C@H](C)C[C@]1(C)O. The second-order valence-corrected chi connectivity index (χ2v) is 15.1. The van der Waals surface area contributed by atoms with E-state index in [-0.39, 0.29) is 43.3 Å². The fraction of sp³-hybridized carbons (Fsp3) is 0.939. The van der Waals surface area contributed by atoms with Crippen LogP contribution in [0.15, 0.2) is 0 Å². The standard InChI is InChI=1S/C33H55NO11/c1-10-22-30(7,37)13-16(2)25(35)17(3)14-31(8,38)27(42-23-12-21(34)11-18(4)40-23)19(5)26-24(29(36)41-22)32(44-26)15-33(39-9)28(45-33)20(6)43-32/h16-24,26-28,37-38H,10-15,34H2,1-9H3/t16-,17-,18?,19+,20?,21?,22-,23?,24-,26+,27-,28?,30+,31+,32?,33?/m1/s1. The molecule has 0 aromatic carbocycles. The van der Waals surface area contributed by atoms with E-state index in [1.165, 1.54) is 0 Å². The highest BCUT2D eigenvalue weighted by Gasteiger charge is 2.76. The van der Waals surface area contributed by atoms with Gasteiger partial charge in [0.1, 0.15) is 23.9 Å². The number of epoxide rings is 1. The van der Waals surface area contributed by atoms with Crippen molar-refractivity contribution in [1.29, 1.82) is 0 Å². The summed E-state index contributed by atoms with van der Waals surface area (Å²) >= 11 is 0. The molecule has 0 saturated carbocycles. The number of cyclic esters (lactones) is 1. The number of ketones is 1. The maximum Gasteiger partial charge on any atom is 0.317 e. The minimum atomic E-state index is -1.54. The van der Waals surface area contributed by atoms with Crippen LogP contribution in [0.1, 0.15) is 93.9 Å². The lowest BCUT2D eigenvalue weighted by Crippen LogP contribution is -2.72. The Morgan fingerprint density at radius 2 is 1.60 bits per heavy atom. The lowest BCUT2D eigenvalue weighted by Gasteiger charge is -2.58. The molecule has 45 heavy (non-hydrogen) atoms. The maximum atomic E-state index is 14.3. The highest BCUT2D eigenvalue weighted by Crippen LogP contribution is 2.60. The van der Waals surface area contributed by atoms with E-state index in [9.17, 15) is 19.8 Å². The quantitative estimate of drug-likeness (QED) is 0.304. The molecular weight excluding hydrogens is 586 g/mol. The summed E-state index contributed by atoms with van der Waals surface area (Å²) in [5.74, 6) is -5.73. The van der Waals surface area contributed by atoms with Gasteiger partial charge in [-0.3, -0.25) is 9.59 Å². The molecule has 0 bridgehead atoms. The molecule has 5 fully saturated rings. The summed E-state index contributed by atoms with van der Waals surface area (Å²) < 4.78 is 43.4. The van der Waals surface area contributed by atoms with Crippen molar-refractivity contribution < 1.29 is 53.0 Å². The van der Waals surface area contributed by atoms with Crippen LogP contribution in [0.3, 0.4) is 0 Å². The van der Waals surface area contributed by atoms with Crippen molar-refractivity contribution in [2.24, 2.45) is 29.4 Å². The summed E-state index contributed by atoms with van der Waals surface area (Å²) in [5, 5.41) is 23.7. The second-order valence-electron chi connectivity index (χ2n) is 15.1. The molecule has 0 aromatic rings. The number of hydrogen-bond acceptors (Lipinski definition) is 12. The molecule has 258 valence electrons. The zero-order chi connectivity index (χ0) is 33.3. The topological polar surface area (TPSA) is 169 Å². The Bertz CT molecular complexity index is 1110. The summed E-state index contributed by atoms with van der Waals surface area (Å²) in [6, 6.07) is -0.141. The highest BCUT2D eigenvalue weighted by molar-refractivity contribution is 5.83. The van der Waals surface area contributed by atoms with E-state index >= 15 is 0 Å². The molecule has 0 aromatic heterocycles. The molecule has 5 aliphatic heterocycles. The molecule has 1 spiro atoms. The lowest BCUT2D eigenvalue weighted by atomic mass is 9.70. The van der Waals surface area contributed by atoms with E-state index in [1.807, 2.05) is 27.7 Å². The number of fused-ring (bicyclic) bond motifs is 3. The van der Waals surface area contributed by atoms with Gasteiger partial charge in [-0.05, 0) is 53.4 Å². The smallest absolute Gasteiger partial charge is 0.317 e. The minimum Gasteiger partial charge on any atom is -0.459 e. The van der Waals surface area contributed by atoms with Crippen LogP contribution in [-0.2, 0) is 42.7 Å². The van der Waals surface area contributed by atoms with Gasteiger partial charge in [0.25, 0.3) is 0 Å². The Hall–Kier alpha value is -1.22. The molecule has 5 saturated heterocycles. The zero-order valence-electron chi connectivity index (χ0n) is 28.3. The van der Waals surface area contributed by atoms with Crippen molar-refractivity contribution in [3.8, 4) is 0 Å². The van der Waals surface area contributed by atoms with Crippen LogP contribution in [0.5, 0.6) is 0 Å². The van der Waals surface area contributed by atoms with Gasteiger partial charge in [0.15, 0.2) is 12.1 Å². The van der Waals surface area contributed by atoms with Crippen LogP contribution < -0.4 is 5.73 Å². The Labute approximate surface area is 266 Å². The van der Waals surface area contributed by atoms with Gasteiger partial charge in [0.2, 0.25) is 5.79 Å². The van der Waals surface area contributed by atoms with Gasteiger partial charge in [-0.15, -0.1) is 0 Å². The van der Waals surface area contributed by atoms with Gasteiger partial charge in [-0.25, -0.2) is 0 Å². The monoisotopic (exact) mass is 641 g/mol. The van der Waals surface area contributed by atoms with Crippen molar-refractivity contribution in [3.05, 3.63) is 0 Å². The van der Waals surface area contributed by atoms with Gasteiger partial charge >= 0.3 is 5.97 Å². The molecule has 4 N–H and O–H groups in total. The lowest BCUT2D eigenvalue weighted by molar-refractivity contribution is -0.420. The second kappa shape index (κ2) is 12.3. The highest BCUT2D eigenvalue weighted by atomic mass is 16.8. The largest absolute Gasteiger partial charge is 0.459 e. The maximum absolute atomic E-state index is 14.3. The first kappa shape index (κ1) is 35.1. The van der Waals surface area contributed by atoms with Crippen LogP contribution in [0.4, 0.5) is 0 Å². The molecular formula is C33H55NO11. The third kappa shape index (κ3) is 6.48. The van der Waals surface area contributed by atoms with Crippen LogP contribution in [-0.4, -0.2) is 101 Å². The molecule has 16 atom stereocenters. The van der Waals surface area contributed by atoms with E-state index in [1.54, 1.807) is 34.8 Å². The molecule has 0 radical (unpaired) electrons. The summed E-state index contributed by atoms with van der Waals surface area (Å²) in [5.41, 5.74) is 3.29. The van der Waals surface area contributed by atoms with Crippen molar-refractivity contribution in [2.45, 2.75) is 166 Å². The predicted octanol–water partition coefficient (Wildman–Crippen LogP) is 2.58. The van der Waals surface area contributed by atoms with Crippen molar-refractivity contribution in [2.75, 3.05) is 7.11 Å². The average molecular weight is 642 g/mol. The molecule has 12 nitrogen and oxygen atoms in total. The number of esters is 1. The predicted molar refractivity (Wildman–Crippen MR) is 160 cm³/mol. The fourth-order valence-corrected chi connectivity index (χ4v) is 8.74. The molecule has 12 heteroatoms. The Kier molecular flexibility index (Phi) is 9.63. The molecule has 0 aliphatic carbocycles. The van der Waals surface area contributed by atoms with Gasteiger partial charge < -0.3 is 49.1 Å². The van der Waals surface area contributed by atoms with Gasteiger partial charge in [-0.2, -0.15) is 0 Å². The van der Waals surface area contributed by atoms with E-state index in [2.05, 4.69) is 0 Å². The number of carbonyl (C=O) groups excluding carboxylic acids is 2. The number of hydrogen-bond donors (Lipinski definition) is 3. The first-order valence-electron chi connectivity index (χ1n) is 16.7. The molecule has 0 amide bonds. The molecule has 5 heterocycles. The van der Waals surface area contributed by atoms with Gasteiger partial charge in [0.05, 0.1) is 42.0 Å². The van der Waals surface area contributed by atoms with Gasteiger partial charge in [-0.1, -0.05) is 27.7 Å². The first-order valence-corrected chi connectivity index (χ1v) is 16.7. The van der Waals surface area contributed by atoms with E-state index in [4.69, 9.17) is 38.9 Å². The number of Topliss-reactive ketones (excluding diaryl/α,β-unsaturated/α-hetero) is 1. The van der Waals surface area contributed by atoms with Crippen molar-refractivity contribution in [1.82, 2.24) is 0 Å². The third-order valence-electron chi connectivity index (χ3n) is 10.9. The van der Waals surface area contributed by atoms with E-state index < -0.39 is 83.1 Å². The average Bonchev–Trinajstić information content (AvgIpc) is 3.66. The van der Waals surface area contributed by atoms with Crippen LogP contribution >= 0.6 is 0 Å². The first-order chi connectivity index (χ1) is 20.9. The van der Waals surface area contributed by atoms with Crippen LogP contribution in [0.25, 0.3) is 0 Å². The zero-order valence-corrected chi connectivity index (χ0v) is 28.3. The van der Waals surface area contributed by atoms with Crippen molar-refractivity contribution >= 4 is 11.8 Å². The normalized spacial score (nSPS) is 54.3. The molecule has 5 aliphatic rings. The summed E-state index contributed by atoms with van der Waals surface area (Å²) in [7, 11) is 1.56. The Morgan fingerprint density at radius 3 is 2.20 bits per heavy atom. The number of rotatable bonds is 4. The van der Waals surface area contributed by atoms with E-state index in [0.717, 1.165) is 0 Å². The molecule has 7 unspecified atom stereocenters. The number of ether oxygens (including phenoxy) is 7. The van der Waals surface area contributed by atoms with Crippen LogP contribution in [0, 0.1) is 23.7 Å². The number of methoxy groups -OCH3 is 1. The van der Waals surface area contributed by atoms with Crippen molar-refractivity contribution in [3.63, 3.8) is 0 Å². The summed E-state index contributed by atoms with van der Waals surface area (Å²) in [6.07, 6.45) is -2.42. The Balaban J connectivity index is 1.54. The van der Waals surface area contributed by atoms with Crippen LogP contribution in [0.2, 0.25) is 0 Å². The number of nitrogens with two attached hydrogens (primary N) is 1. The molecule has 5 rings (SSSR count). The summed E-state index contributed by atoms with van der Waals surface area (Å²) in [6.45, 7) is 14.2. The third-order valence-corrected chi connectivity index (χ3v) is 10.9. The summed E-state index contributed by atoms with van der Waals surface area (Å²) in [4.78, 5) is 27.9. The van der Waals surface area contributed by atoms with Gasteiger partial charge in [0, 0.05) is 37.3 Å². The minimum absolute atomic E-state index is 0.0811. The fourth-order valence-electron chi connectivity index (χ4n) is 8.74. The van der Waals surface area contributed by atoms with E-state index in [0.29, 0.717) is 19.3 Å². The number of aliphatic hydroxyl groups is 2.